The van der Waals surface area contributed by atoms with Gasteiger partial charge >= 0.3 is 0 Å². The normalized spacial score (nSPS) is 13.1. The SMILES string of the molecule is CC(O)CCCc1c(O)[nH]c2ccccc12. The number of benzene rings is 1. The van der Waals surface area contributed by atoms with Crippen LogP contribution in [0.15, 0.2) is 24.3 Å². The topological polar surface area (TPSA) is 56.2 Å². The molecule has 0 saturated heterocycles. The molecule has 2 aromatic rings. The maximum atomic E-state index is 9.78. The third-order valence-corrected chi connectivity index (χ3v) is 2.84. The first-order chi connectivity index (χ1) is 7.68. The van der Waals surface area contributed by atoms with Crippen LogP contribution in [0.2, 0.25) is 0 Å². The average molecular weight is 219 g/mol. The molecule has 1 unspecified atom stereocenters. The first-order valence-electron chi connectivity index (χ1n) is 5.65. The summed E-state index contributed by atoms with van der Waals surface area (Å²) in [5.74, 6) is 0.256. The van der Waals surface area contributed by atoms with Gasteiger partial charge < -0.3 is 15.2 Å². The summed E-state index contributed by atoms with van der Waals surface area (Å²) in [6, 6.07) is 7.86. The molecule has 0 aliphatic carbocycles. The minimum Gasteiger partial charge on any atom is -0.494 e. The number of aromatic amines is 1. The molecular formula is C13H17NO2. The molecule has 3 N–H and O–H groups in total. The average Bonchev–Trinajstić information content (AvgIpc) is 2.55. The highest BCUT2D eigenvalue weighted by Crippen LogP contribution is 2.28. The Balaban J connectivity index is 2.19. The van der Waals surface area contributed by atoms with Gasteiger partial charge in [0, 0.05) is 16.5 Å². The summed E-state index contributed by atoms with van der Waals surface area (Å²) in [6.07, 6.45) is 2.17. The molecule has 0 spiro atoms. The van der Waals surface area contributed by atoms with Crippen molar-refractivity contribution in [1.82, 2.24) is 4.98 Å². The van der Waals surface area contributed by atoms with Gasteiger partial charge in [-0.2, -0.15) is 0 Å². The van der Waals surface area contributed by atoms with Crippen molar-refractivity contribution >= 4 is 10.9 Å². The zero-order valence-corrected chi connectivity index (χ0v) is 9.40. The van der Waals surface area contributed by atoms with Gasteiger partial charge in [-0.25, -0.2) is 0 Å². The Kier molecular flexibility index (Phi) is 3.15. The van der Waals surface area contributed by atoms with Crippen LogP contribution in [0.25, 0.3) is 10.9 Å². The van der Waals surface area contributed by atoms with E-state index in [0.29, 0.717) is 0 Å². The maximum absolute atomic E-state index is 9.78. The lowest BCUT2D eigenvalue weighted by atomic mass is 10.1. The van der Waals surface area contributed by atoms with Crippen LogP contribution in [-0.4, -0.2) is 21.3 Å². The highest BCUT2D eigenvalue weighted by molar-refractivity contribution is 5.85. The van der Waals surface area contributed by atoms with Gasteiger partial charge in [0.25, 0.3) is 0 Å². The number of para-hydroxylation sites is 1. The van der Waals surface area contributed by atoms with Crippen LogP contribution in [0.1, 0.15) is 25.3 Å². The summed E-state index contributed by atoms with van der Waals surface area (Å²) >= 11 is 0. The molecule has 16 heavy (non-hydrogen) atoms. The minimum absolute atomic E-state index is 0.256. The van der Waals surface area contributed by atoms with E-state index in [2.05, 4.69) is 4.98 Å². The van der Waals surface area contributed by atoms with E-state index < -0.39 is 0 Å². The van der Waals surface area contributed by atoms with Crippen molar-refractivity contribution in [2.75, 3.05) is 0 Å². The summed E-state index contributed by atoms with van der Waals surface area (Å²) in [7, 11) is 0. The van der Waals surface area contributed by atoms with Crippen molar-refractivity contribution in [2.45, 2.75) is 32.3 Å². The molecule has 2 rings (SSSR count). The van der Waals surface area contributed by atoms with E-state index in [1.54, 1.807) is 6.92 Å². The number of aliphatic hydroxyl groups excluding tert-OH is 1. The summed E-state index contributed by atoms with van der Waals surface area (Å²) in [6.45, 7) is 1.79. The number of H-pyrrole nitrogens is 1. The first-order valence-corrected chi connectivity index (χ1v) is 5.65. The Morgan fingerprint density at radius 3 is 2.81 bits per heavy atom. The molecule has 3 nitrogen and oxygen atoms in total. The lowest BCUT2D eigenvalue weighted by molar-refractivity contribution is 0.181. The molecule has 1 aromatic carbocycles. The van der Waals surface area contributed by atoms with E-state index >= 15 is 0 Å². The van der Waals surface area contributed by atoms with Gasteiger partial charge in [-0.3, -0.25) is 0 Å². The Hall–Kier alpha value is -1.48. The molecule has 0 fully saturated rings. The van der Waals surface area contributed by atoms with E-state index in [1.807, 2.05) is 24.3 Å². The monoisotopic (exact) mass is 219 g/mol. The largest absolute Gasteiger partial charge is 0.494 e. The predicted molar refractivity (Wildman–Crippen MR) is 64.6 cm³/mol. The maximum Gasteiger partial charge on any atom is 0.192 e. The molecule has 0 aliphatic heterocycles. The van der Waals surface area contributed by atoms with E-state index in [1.165, 1.54) is 0 Å². The first kappa shape index (κ1) is 11.0. The van der Waals surface area contributed by atoms with Crippen LogP contribution in [-0.2, 0) is 6.42 Å². The Bertz CT molecular complexity index is 474. The summed E-state index contributed by atoms with van der Waals surface area (Å²) in [5.41, 5.74) is 1.92. The molecule has 1 atom stereocenters. The number of aryl methyl sites for hydroxylation is 1. The second-order valence-electron chi connectivity index (χ2n) is 4.24. The number of hydrogen-bond acceptors (Lipinski definition) is 2. The van der Waals surface area contributed by atoms with Crippen LogP contribution >= 0.6 is 0 Å². The van der Waals surface area contributed by atoms with Crippen LogP contribution in [0.4, 0.5) is 0 Å². The van der Waals surface area contributed by atoms with Gasteiger partial charge in [-0.05, 0) is 32.3 Å². The summed E-state index contributed by atoms with van der Waals surface area (Å²) < 4.78 is 0. The van der Waals surface area contributed by atoms with Crippen LogP contribution < -0.4 is 0 Å². The number of fused-ring (bicyclic) bond motifs is 1. The van der Waals surface area contributed by atoms with Crippen LogP contribution in [0.3, 0.4) is 0 Å². The van der Waals surface area contributed by atoms with Gasteiger partial charge in [0.2, 0.25) is 0 Å². The van der Waals surface area contributed by atoms with E-state index in [0.717, 1.165) is 35.7 Å². The van der Waals surface area contributed by atoms with Gasteiger partial charge in [0.05, 0.1) is 6.10 Å². The van der Waals surface area contributed by atoms with Crippen molar-refractivity contribution in [3.8, 4) is 5.88 Å². The number of rotatable bonds is 4. The van der Waals surface area contributed by atoms with E-state index in [9.17, 15) is 10.2 Å². The minimum atomic E-state index is -0.271. The Labute approximate surface area is 94.7 Å². The van der Waals surface area contributed by atoms with Gasteiger partial charge in [0.1, 0.15) is 0 Å². The number of aromatic hydroxyl groups is 1. The highest BCUT2D eigenvalue weighted by atomic mass is 16.3. The third kappa shape index (κ3) is 2.19. The van der Waals surface area contributed by atoms with Crippen LogP contribution in [0, 0.1) is 0 Å². The van der Waals surface area contributed by atoms with Crippen molar-refractivity contribution < 1.29 is 10.2 Å². The third-order valence-electron chi connectivity index (χ3n) is 2.84. The van der Waals surface area contributed by atoms with E-state index in [4.69, 9.17) is 0 Å². The second kappa shape index (κ2) is 4.58. The number of hydrogen-bond donors (Lipinski definition) is 3. The zero-order chi connectivity index (χ0) is 11.5. The number of aliphatic hydroxyl groups is 1. The number of nitrogens with one attached hydrogen (secondary N) is 1. The van der Waals surface area contributed by atoms with Gasteiger partial charge in [-0.15, -0.1) is 0 Å². The standard InChI is InChI=1S/C13H17NO2/c1-9(15)5-4-7-11-10-6-2-3-8-12(10)14-13(11)16/h2-3,6,8-9,14-16H,4-5,7H2,1H3. The molecule has 0 bridgehead atoms. The summed E-state index contributed by atoms with van der Waals surface area (Å²) in [4.78, 5) is 2.96. The highest BCUT2D eigenvalue weighted by Gasteiger charge is 2.09. The second-order valence-corrected chi connectivity index (χ2v) is 4.24. The fourth-order valence-electron chi connectivity index (χ4n) is 2.01. The predicted octanol–water partition coefficient (Wildman–Crippen LogP) is 2.58. The van der Waals surface area contributed by atoms with Gasteiger partial charge in [-0.1, -0.05) is 18.2 Å². The van der Waals surface area contributed by atoms with Crippen molar-refractivity contribution in [1.29, 1.82) is 0 Å². The molecule has 0 radical (unpaired) electrons. The summed E-state index contributed by atoms with van der Waals surface area (Å²) in [5, 5.41) is 20.0. The Morgan fingerprint density at radius 1 is 1.31 bits per heavy atom. The zero-order valence-electron chi connectivity index (χ0n) is 9.40. The molecule has 86 valence electrons. The Morgan fingerprint density at radius 2 is 2.06 bits per heavy atom. The molecule has 0 aliphatic rings. The smallest absolute Gasteiger partial charge is 0.192 e. The quantitative estimate of drug-likeness (QED) is 0.740. The molecular weight excluding hydrogens is 202 g/mol. The van der Waals surface area contributed by atoms with Crippen LogP contribution in [0.5, 0.6) is 5.88 Å². The lowest BCUT2D eigenvalue weighted by Crippen LogP contribution is -1.99. The fourth-order valence-corrected chi connectivity index (χ4v) is 2.01. The lowest BCUT2D eigenvalue weighted by Gasteiger charge is -2.03. The molecule has 3 heteroatoms. The van der Waals surface area contributed by atoms with Crippen molar-refractivity contribution in [3.63, 3.8) is 0 Å². The molecule has 1 heterocycles. The molecule has 0 saturated carbocycles. The number of aromatic nitrogens is 1. The van der Waals surface area contributed by atoms with Crippen molar-refractivity contribution in [3.05, 3.63) is 29.8 Å². The van der Waals surface area contributed by atoms with E-state index in [-0.39, 0.29) is 12.0 Å². The molecule has 0 amide bonds. The fraction of sp³-hybridized carbons (Fsp3) is 0.385. The molecule has 1 aromatic heterocycles. The van der Waals surface area contributed by atoms with Crippen molar-refractivity contribution in [2.24, 2.45) is 0 Å². The van der Waals surface area contributed by atoms with Gasteiger partial charge in [0.15, 0.2) is 5.88 Å².